The minimum absolute atomic E-state index is 0.263. The molecule has 1 fully saturated rings. The number of halogens is 1. The largest absolute Gasteiger partial charge is 0.355 e. The minimum Gasteiger partial charge on any atom is -0.355 e. The number of benzene rings is 1. The first-order valence-corrected chi connectivity index (χ1v) is 10.8. The minimum atomic E-state index is -0.264. The quantitative estimate of drug-likeness (QED) is 0.496. The summed E-state index contributed by atoms with van der Waals surface area (Å²) >= 11 is 0. The average Bonchev–Trinajstić information content (AvgIpc) is 3.39. The van der Waals surface area contributed by atoms with Gasteiger partial charge in [-0.2, -0.15) is 5.10 Å². The van der Waals surface area contributed by atoms with Crippen molar-refractivity contribution in [3.05, 3.63) is 71.8 Å². The van der Waals surface area contributed by atoms with Crippen LogP contribution in [-0.4, -0.2) is 37.7 Å². The van der Waals surface area contributed by atoms with E-state index in [-0.39, 0.29) is 11.2 Å². The smallest absolute Gasteiger partial charge is 0.155 e. The standard InChI is InChI=1S/C24H23FN6/c1-16-22(17-4-2-3-5-18(17)25)31-21(6-9-28-31)23(29-16)30-12-7-24(8-13-30)14-19-20(15-24)27-11-10-26-19/h2-6,9-11H,7-8,12-15H2,1H3. The third-order valence-electron chi connectivity index (χ3n) is 6.90. The maximum atomic E-state index is 14.5. The first-order valence-electron chi connectivity index (χ1n) is 10.8. The second-order valence-corrected chi connectivity index (χ2v) is 8.77. The van der Waals surface area contributed by atoms with Gasteiger partial charge in [-0.05, 0) is 56.2 Å². The molecule has 0 unspecified atom stereocenters. The van der Waals surface area contributed by atoms with Crippen LogP contribution in [0.2, 0.25) is 0 Å². The van der Waals surface area contributed by atoms with E-state index in [4.69, 9.17) is 4.98 Å². The summed E-state index contributed by atoms with van der Waals surface area (Å²) in [6.45, 7) is 3.80. The van der Waals surface area contributed by atoms with Crippen molar-refractivity contribution in [1.82, 2.24) is 24.6 Å². The first-order chi connectivity index (χ1) is 15.1. The van der Waals surface area contributed by atoms with Crippen LogP contribution < -0.4 is 4.90 Å². The van der Waals surface area contributed by atoms with Crippen LogP contribution in [0.3, 0.4) is 0 Å². The topological polar surface area (TPSA) is 59.2 Å². The fourth-order valence-electron chi connectivity index (χ4n) is 5.28. The Morgan fingerprint density at radius 1 is 0.935 bits per heavy atom. The van der Waals surface area contributed by atoms with Gasteiger partial charge in [0.1, 0.15) is 11.3 Å². The molecular formula is C24H23FN6. The Kier molecular flexibility index (Phi) is 4.06. The van der Waals surface area contributed by atoms with E-state index < -0.39 is 0 Å². The van der Waals surface area contributed by atoms with Crippen molar-refractivity contribution in [2.45, 2.75) is 32.6 Å². The number of fused-ring (bicyclic) bond motifs is 2. The second-order valence-electron chi connectivity index (χ2n) is 8.77. The Hall–Kier alpha value is -3.35. The van der Waals surface area contributed by atoms with E-state index in [1.807, 2.05) is 23.6 Å². The molecule has 156 valence electrons. The van der Waals surface area contributed by atoms with Crippen LogP contribution in [0.4, 0.5) is 10.2 Å². The Labute approximate surface area is 179 Å². The van der Waals surface area contributed by atoms with Crippen molar-refractivity contribution < 1.29 is 4.39 Å². The molecule has 31 heavy (non-hydrogen) atoms. The number of hydrogen-bond donors (Lipinski definition) is 0. The second kappa shape index (κ2) is 6.83. The van der Waals surface area contributed by atoms with E-state index in [1.54, 1.807) is 30.7 Å². The molecule has 3 aromatic heterocycles. The van der Waals surface area contributed by atoms with E-state index in [0.717, 1.165) is 67.2 Å². The fourth-order valence-corrected chi connectivity index (χ4v) is 5.28. The van der Waals surface area contributed by atoms with Crippen molar-refractivity contribution >= 4 is 11.3 Å². The number of aromatic nitrogens is 5. The molecule has 1 aliphatic carbocycles. The summed E-state index contributed by atoms with van der Waals surface area (Å²) < 4.78 is 16.4. The van der Waals surface area contributed by atoms with E-state index >= 15 is 0 Å². The SMILES string of the molecule is Cc1nc(N2CCC3(CC2)Cc2nccnc2C3)c2ccnn2c1-c1ccccc1F. The van der Waals surface area contributed by atoms with Gasteiger partial charge in [0.25, 0.3) is 0 Å². The molecule has 1 aliphatic heterocycles. The molecule has 0 saturated carbocycles. The molecule has 1 spiro atoms. The lowest BCUT2D eigenvalue weighted by atomic mass is 9.76. The molecule has 0 amide bonds. The van der Waals surface area contributed by atoms with E-state index in [0.29, 0.717) is 11.3 Å². The van der Waals surface area contributed by atoms with Crippen LogP contribution >= 0.6 is 0 Å². The lowest BCUT2D eigenvalue weighted by Crippen LogP contribution is -2.41. The number of piperidine rings is 1. The molecule has 7 heteroatoms. The van der Waals surface area contributed by atoms with Crippen LogP contribution in [0.15, 0.2) is 48.9 Å². The molecule has 4 heterocycles. The van der Waals surface area contributed by atoms with Gasteiger partial charge in [0.15, 0.2) is 5.82 Å². The van der Waals surface area contributed by atoms with Gasteiger partial charge in [0.2, 0.25) is 0 Å². The van der Waals surface area contributed by atoms with E-state index in [9.17, 15) is 4.39 Å². The maximum absolute atomic E-state index is 14.5. The van der Waals surface area contributed by atoms with Crippen molar-refractivity contribution in [1.29, 1.82) is 0 Å². The first kappa shape index (κ1) is 18.4. The third-order valence-corrected chi connectivity index (χ3v) is 6.90. The maximum Gasteiger partial charge on any atom is 0.155 e. The highest BCUT2D eigenvalue weighted by Gasteiger charge is 2.41. The molecule has 2 aliphatic rings. The van der Waals surface area contributed by atoms with Crippen molar-refractivity contribution in [2.75, 3.05) is 18.0 Å². The lowest BCUT2D eigenvalue weighted by Gasteiger charge is -2.40. The van der Waals surface area contributed by atoms with Gasteiger partial charge >= 0.3 is 0 Å². The van der Waals surface area contributed by atoms with Crippen molar-refractivity contribution in [3.8, 4) is 11.3 Å². The highest BCUT2D eigenvalue weighted by molar-refractivity contribution is 5.75. The number of nitrogens with zero attached hydrogens (tertiary/aromatic N) is 6. The van der Waals surface area contributed by atoms with E-state index in [1.165, 1.54) is 6.07 Å². The number of aryl methyl sites for hydroxylation is 1. The van der Waals surface area contributed by atoms with Crippen LogP contribution in [0, 0.1) is 18.2 Å². The van der Waals surface area contributed by atoms with Crippen LogP contribution in [0.1, 0.15) is 29.9 Å². The normalized spacial score (nSPS) is 17.4. The third kappa shape index (κ3) is 2.91. The van der Waals surface area contributed by atoms with Gasteiger partial charge in [-0.25, -0.2) is 13.9 Å². The van der Waals surface area contributed by atoms with Gasteiger partial charge < -0.3 is 4.90 Å². The van der Waals surface area contributed by atoms with Gasteiger partial charge in [-0.3, -0.25) is 9.97 Å². The Bertz CT molecular complexity index is 1260. The molecule has 1 saturated heterocycles. The summed E-state index contributed by atoms with van der Waals surface area (Å²) in [5.41, 5.74) is 5.51. The fraction of sp³-hybridized carbons (Fsp3) is 0.333. The Morgan fingerprint density at radius 2 is 1.65 bits per heavy atom. The van der Waals surface area contributed by atoms with Gasteiger partial charge in [-0.1, -0.05) is 12.1 Å². The molecule has 6 rings (SSSR count). The molecule has 0 bridgehead atoms. The molecule has 0 atom stereocenters. The molecule has 0 radical (unpaired) electrons. The zero-order valence-corrected chi connectivity index (χ0v) is 17.4. The molecule has 1 aromatic carbocycles. The van der Waals surface area contributed by atoms with Gasteiger partial charge in [0.05, 0.1) is 29.0 Å². The highest BCUT2D eigenvalue weighted by atomic mass is 19.1. The summed E-state index contributed by atoms with van der Waals surface area (Å²) in [7, 11) is 0. The molecule has 0 N–H and O–H groups in total. The monoisotopic (exact) mass is 414 g/mol. The Morgan fingerprint density at radius 3 is 2.35 bits per heavy atom. The van der Waals surface area contributed by atoms with Gasteiger partial charge in [-0.15, -0.1) is 0 Å². The zero-order valence-electron chi connectivity index (χ0n) is 17.4. The van der Waals surface area contributed by atoms with Crippen LogP contribution in [0.25, 0.3) is 16.8 Å². The zero-order chi connectivity index (χ0) is 21.0. The lowest BCUT2D eigenvalue weighted by molar-refractivity contribution is 0.230. The van der Waals surface area contributed by atoms with Crippen molar-refractivity contribution in [3.63, 3.8) is 0 Å². The summed E-state index contributed by atoms with van der Waals surface area (Å²) in [6, 6.07) is 8.77. The molecule has 4 aromatic rings. The predicted molar refractivity (Wildman–Crippen MR) is 116 cm³/mol. The predicted octanol–water partition coefficient (Wildman–Crippen LogP) is 4.02. The number of rotatable bonds is 2. The van der Waals surface area contributed by atoms with Gasteiger partial charge in [0, 0.05) is 31.0 Å². The number of anilines is 1. The summed E-state index contributed by atoms with van der Waals surface area (Å²) in [4.78, 5) is 16.4. The van der Waals surface area contributed by atoms with Crippen molar-refractivity contribution in [2.24, 2.45) is 5.41 Å². The van der Waals surface area contributed by atoms with Crippen LogP contribution in [0.5, 0.6) is 0 Å². The highest BCUT2D eigenvalue weighted by Crippen LogP contribution is 2.44. The molecular weight excluding hydrogens is 391 g/mol. The summed E-state index contributed by atoms with van der Waals surface area (Å²) in [6.07, 6.45) is 9.57. The average molecular weight is 414 g/mol. The Balaban J connectivity index is 1.33. The van der Waals surface area contributed by atoms with Crippen LogP contribution in [-0.2, 0) is 12.8 Å². The summed E-state index contributed by atoms with van der Waals surface area (Å²) in [5.74, 6) is 0.664. The molecule has 6 nitrogen and oxygen atoms in total. The summed E-state index contributed by atoms with van der Waals surface area (Å²) in [5, 5.41) is 4.52. The number of hydrogen-bond acceptors (Lipinski definition) is 5. The van der Waals surface area contributed by atoms with E-state index in [2.05, 4.69) is 20.0 Å².